The van der Waals surface area contributed by atoms with Gasteiger partial charge in [0, 0.05) is 34.1 Å². The first-order chi connectivity index (χ1) is 28.2. The summed E-state index contributed by atoms with van der Waals surface area (Å²) in [5.74, 6) is 0. The Labute approximate surface area is 360 Å². The van der Waals surface area contributed by atoms with Gasteiger partial charge < -0.3 is 9.80 Å². The van der Waals surface area contributed by atoms with Crippen molar-refractivity contribution in [1.82, 2.24) is 0 Å². The first kappa shape index (κ1) is 39.9. The first-order valence-electron chi connectivity index (χ1n) is 22.0. The normalized spacial score (nSPS) is 14.0. The lowest BCUT2D eigenvalue weighted by Crippen LogP contribution is -2.61. The van der Waals surface area contributed by atoms with Crippen molar-refractivity contribution in [2.75, 3.05) is 9.80 Å². The third-order valence-corrected chi connectivity index (χ3v) is 13.1. The van der Waals surface area contributed by atoms with Crippen molar-refractivity contribution in [2.24, 2.45) is 0 Å². The number of rotatable bonds is 3. The number of hydrogen-bond acceptors (Lipinski definition) is 2. The Balaban J connectivity index is 1.46. The maximum Gasteiger partial charge on any atom is 0.252 e. The number of hydrogen-bond donors (Lipinski definition) is 0. The minimum Gasteiger partial charge on any atom is -0.311 e. The SMILES string of the molecule is Cc1ccc2ccccc2c1-c1cc2c3c(c1)N(c1cc(C(C)(C)C)cc(C(C)(C)C)c1)c1ccccc1B3c1ccccc1N2c1cc(C(C)(C)C)cc(C(C)(C)C)c1. The van der Waals surface area contributed by atoms with Crippen LogP contribution in [-0.2, 0) is 21.7 Å². The highest BCUT2D eigenvalue weighted by atomic mass is 15.2. The number of benzene rings is 7. The summed E-state index contributed by atoms with van der Waals surface area (Å²) < 4.78 is 0. The zero-order valence-electron chi connectivity index (χ0n) is 38.2. The van der Waals surface area contributed by atoms with E-state index in [0.29, 0.717) is 0 Å². The highest BCUT2D eigenvalue weighted by Crippen LogP contribution is 2.49. The summed E-state index contributed by atoms with van der Waals surface area (Å²) in [5.41, 5.74) is 20.5. The molecule has 0 radical (unpaired) electrons. The minimum absolute atomic E-state index is 0.0340. The van der Waals surface area contributed by atoms with E-state index in [-0.39, 0.29) is 28.4 Å². The number of para-hydroxylation sites is 2. The lowest BCUT2D eigenvalue weighted by Gasteiger charge is -2.45. The zero-order valence-corrected chi connectivity index (χ0v) is 38.2. The van der Waals surface area contributed by atoms with Crippen LogP contribution in [-0.4, -0.2) is 6.71 Å². The molecule has 0 amide bonds. The summed E-state index contributed by atoms with van der Waals surface area (Å²) in [7, 11) is 0. The Hall–Kier alpha value is -5.54. The molecule has 7 aromatic rings. The van der Waals surface area contributed by atoms with Gasteiger partial charge in [-0.15, -0.1) is 0 Å². The molecular weight excluding hydrogens is 723 g/mol. The fraction of sp³-hybridized carbons (Fsp3) is 0.298. The molecule has 0 saturated heterocycles. The van der Waals surface area contributed by atoms with E-state index in [1.807, 2.05) is 0 Å². The predicted molar refractivity (Wildman–Crippen MR) is 263 cm³/mol. The number of anilines is 6. The van der Waals surface area contributed by atoms with E-state index in [4.69, 9.17) is 0 Å². The lowest BCUT2D eigenvalue weighted by molar-refractivity contribution is 0.568. The van der Waals surface area contributed by atoms with Gasteiger partial charge in [-0.25, -0.2) is 0 Å². The van der Waals surface area contributed by atoms with E-state index < -0.39 is 0 Å². The van der Waals surface area contributed by atoms with Gasteiger partial charge in [-0.1, -0.05) is 168 Å². The van der Waals surface area contributed by atoms with Crippen LogP contribution in [0.4, 0.5) is 34.1 Å². The van der Waals surface area contributed by atoms with Crippen molar-refractivity contribution in [2.45, 2.75) is 112 Å². The summed E-state index contributed by atoms with van der Waals surface area (Å²) in [4.78, 5) is 5.22. The zero-order chi connectivity index (χ0) is 42.7. The Morgan fingerprint density at radius 2 is 0.800 bits per heavy atom. The lowest BCUT2D eigenvalue weighted by atomic mass is 9.33. The third-order valence-electron chi connectivity index (χ3n) is 13.1. The van der Waals surface area contributed by atoms with E-state index >= 15 is 0 Å². The Bertz CT molecular complexity index is 2620. The molecule has 0 saturated carbocycles. The van der Waals surface area contributed by atoms with Crippen molar-refractivity contribution in [1.29, 1.82) is 0 Å². The molecule has 0 spiro atoms. The van der Waals surface area contributed by atoms with Gasteiger partial charge in [-0.2, -0.15) is 0 Å². The van der Waals surface area contributed by atoms with Gasteiger partial charge in [-0.05, 0) is 143 Å². The van der Waals surface area contributed by atoms with E-state index in [9.17, 15) is 0 Å². The van der Waals surface area contributed by atoms with E-state index in [2.05, 4.69) is 233 Å². The van der Waals surface area contributed by atoms with Crippen molar-refractivity contribution in [3.63, 3.8) is 0 Å². The highest BCUT2D eigenvalue weighted by Gasteiger charge is 2.44. The summed E-state index contributed by atoms with van der Waals surface area (Å²) in [6, 6.07) is 51.6. The molecule has 0 fully saturated rings. The first-order valence-corrected chi connectivity index (χ1v) is 22.0. The van der Waals surface area contributed by atoms with Crippen LogP contribution in [0.2, 0.25) is 0 Å². The van der Waals surface area contributed by atoms with Gasteiger partial charge in [0.2, 0.25) is 0 Å². The summed E-state index contributed by atoms with van der Waals surface area (Å²) in [5, 5.41) is 2.54. The molecule has 0 aromatic heterocycles. The molecule has 60 heavy (non-hydrogen) atoms. The maximum absolute atomic E-state index is 2.61. The van der Waals surface area contributed by atoms with E-state index in [1.54, 1.807) is 0 Å². The van der Waals surface area contributed by atoms with Gasteiger partial charge >= 0.3 is 0 Å². The number of aryl methyl sites for hydroxylation is 1. The summed E-state index contributed by atoms with van der Waals surface area (Å²) >= 11 is 0. The molecule has 0 atom stereocenters. The molecule has 0 N–H and O–H groups in total. The van der Waals surface area contributed by atoms with Gasteiger partial charge in [0.15, 0.2) is 0 Å². The molecule has 0 bridgehead atoms. The van der Waals surface area contributed by atoms with Crippen LogP contribution >= 0.6 is 0 Å². The quantitative estimate of drug-likeness (QED) is 0.165. The standard InChI is InChI=1S/C57H61BN2/c1-36-26-27-37-20-14-15-21-45(37)52(36)38-28-50-53-51(29-38)60(44-34-41(56(8,9)10)31-42(35-44)57(11,12)13)49-25-19-17-23-47(49)58(53)46-22-16-18-24-48(46)59(50)43-32-39(54(2,3)4)30-40(33-43)55(5,6)7/h14-35H,1-13H3. The van der Waals surface area contributed by atoms with Crippen LogP contribution in [0, 0.1) is 6.92 Å². The highest BCUT2D eigenvalue weighted by molar-refractivity contribution is 7.00. The van der Waals surface area contributed by atoms with Gasteiger partial charge in [0.05, 0.1) is 0 Å². The molecule has 2 aliphatic heterocycles. The van der Waals surface area contributed by atoms with E-state index in [0.717, 1.165) is 0 Å². The molecule has 302 valence electrons. The van der Waals surface area contributed by atoms with Crippen LogP contribution in [0.5, 0.6) is 0 Å². The molecule has 0 aliphatic carbocycles. The van der Waals surface area contributed by atoms with E-state index in [1.165, 1.54) is 100 Å². The molecule has 2 nitrogen and oxygen atoms in total. The van der Waals surface area contributed by atoms with Gasteiger partial charge in [0.25, 0.3) is 6.71 Å². The largest absolute Gasteiger partial charge is 0.311 e. The smallest absolute Gasteiger partial charge is 0.252 e. The van der Waals surface area contributed by atoms with Crippen molar-refractivity contribution in [3.05, 3.63) is 161 Å². The third kappa shape index (κ3) is 6.66. The Morgan fingerprint density at radius 3 is 1.23 bits per heavy atom. The van der Waals surface area contributed by atoms with Crippen molar-refractivity contribution in [3.8, 4) is 11.1 Å². The van der Waals surface area contributed by atoms with Gasteiger partial charge in [0.1, 0.15) is 0 Å². The van der Waals surface area contributed by atoms with Crippen LogP contribution in [0.1, 0.15) is 111 Å². The topological polar surface area (TPSA) is 6.48 Å². The number of nitrogens with zero attached hydrogens (tertiary/aromatic N) is 2. The maximum atomic E-state index is 2.61. The average Bonchev–Trinajstić information content (AvgIpc) is 3.19. The number of fused-ring (bicyclic) bond motifs is 5. The average molecular weight is 785 g/mol. The molecule has 2 aliphatic rings. The van der Waals surface area contributed by atoms with Crippen LogP contribution < -0.4 is 26.2 Å². The summed E-state index contributed by atoms with van der Waals surface area (Å²) in [6.07, 6.45) is 0. The second kappa shape index (κ2) is 13.7. The Kier molecular flexibility index (Phi) is 9.14. The molecule has 2 heterocycles. The van der Waals surface area contributed by atoms with Crippen molar-refractivity contribution < 1.29 is 0 Å². The fourth-order valence-electron chi connectivity index (χ4n) is 9.57. The van der Waals surface area contributed by atoms with Crippen molar-refractivity contribution >= 4 is 68.0 Å². The monoisotopic (exact) mass is 784 g/mol. The van der Waals surface area contributed by atoms with Crippen LogP contribution in [0.3, 0.4) is 0 Å². The second-order valence-corrected chi connectivity index (χ2v) is 21.7. The molecule has 3 heteroatoms. The fourth-order valence-corrected chi connectivity index (χ4v) is 9.57. The predicted octanol–water partition coefficient (Wildman–Crippen LogP) is 14.1. The molecule has 9 rings (SSSR count). The second-order valence-electron chi connectivity index (χ2n) is 21.7. The molecular formula is C57H61BN2. The Morgan fingerprint density at radius 1 is 0.400 bits per heavy atom. The summed E-state index contributed by atoms with van der Waals surface area (Å²) in [6.45, 7) is 30.5. The van der Waals surface area contributed by atoms with Crippen LogP contribution in [0.25, 0.3) is 21.9 Å². The molecule has 7 aromatic carbocycles. The molecule has 0 unspecified atom stereocenters. The minimum atomic E-state index is -0.0340. The van der Waals surface area contributed by atoms with Gasteiger partial charge in [-0.3, -0.25) is 0 Å². The van der Waals surface area contributed by atoms with Crippen LogP contribution in [0.15, 0.2) is 133 Å².